The number of piperidine rings is 1. The van der Waals surface area contributed by atoms with Crippen molar-refractivity contribution >= 4 is 11.5 Å². The Labute approximate surface area is 108 Å². The Bertz CT molecular complexity index is 448. The number of nitriles is 1. The molecule has 2 heterocycles. The molecule has 0 saturated carbocycles. The highest BCUT2D eigenvalue weighted by molar-refractivity contribution is 5.55. The van der Waals surface area contributed by atoms with Gasteiger partial charge in [-0.1, -0.05) is 13.3 Å². The van der Waals surface area contributed by atoms with Crippen LogP contribution in [0.2, 0.25) is 0 Å². The Morgan fingerprint density at radius 1 is 1.50 bits per heavy atom. The van der Waals surface area contributed by atoms with Gasteiger partial charge in [0.1, 0.15) is 11.9 Å². The lowest BCUT2D eigenvalue weighted by Gasteiger charge is -2.36. The molecular formula is C14H20N4. The predicted octanol–water partition coefficient (Wildman–Crippen LogP) is 2.69. The van der Waals surface area contributed by atoms with Gasteiger partial charge < -0.3 is 10.6 Å². The van der Waals surface area contributed by atoms with E-state index in [1.165, 1.54) is 32.1 Å². The zero-order valence-corrected chi connectivity index (χ0v) is 10.9. The lowest BCUT2D eigenvalue weighted by molar-refractivity contribution is 0.432. The molecule has 0 aliphatic carbocycles. The van der Waals surface area contributed by atoms with Crippen molar-refractivity contribution in [1.29, 1.82) is 5.26 Å². The third-order valence-corrected chi connectivity index (χ3v) is 3.56. The van der Waals surface area contributed by atoms with E-state index in [1.807, 2.05) is 6.07 Å². The maximum atomic E-state index is 9.00. The second-order valence-corrected chi connectivity index (χ2v) is 4.85. The number of nitrogens with zero attached hydrogens (tertiary/aromatic N) is 3. The van der Waals surface area contributed by atoms with Crippen molar-refractivity contribution in [3.63, 3.8) is 0 Å². The number of hydrogen-bond donors (Lipinski definition) is 1. The van der Waals surface area contributed by atoms with E-state index in [2.05, 4.69) is 22.9 Å². The minimum Gasteiger partial charge on any atom is -0.396 e. The van der Waals surface area contributed by atoms with Crippen LogP contribution in [0, 0.1) is 11.3 Å². The molecule has 1 saturated heterocycles. The number of rotatable bonds is 3. The van der Waals surface area contributed by atoms with E-state index in [0.717, 1.165) is 12.4 Å². The van der Waals surface area contributed by atoms with Crippen molar-refractivity contribution in [1.82, 2.24) is 4.98 Å². The van der Waals surface area contributed by atoms with Crippen molar-refractivity contribution in [3.05, 3.63) is 17.8 Å². The lowest BCUT2D eigenvalue weighted by atomic mass is 9.98. The number of nitrogens with two attached hydrogens (primary N) is 1. The van der Waals surface area contributed by atoms with Gasteiger partial charge in [0.05, 0.1) is 5.69 Å². The van der Waals surface area contributed by atoms with E-state index in [-0.39, 0.29) is 0 Å². The third kappa shape index (κ3) is 2.56. The smallest absolute Gasteiger partial charge is 0.165 e. The Morgan fingerprint density at radius 2 is 2.33 bits per heavy atom. The minimum absolute atomic E-state index is 0.341. The quantitative estimate of drug-likeness (QED) is 0.887. The van der Waals surface area contributed by atoms with Crippen LogP contribution in [0.1, 0.15) is 44.7 Å². The van der Waals surface area contributed by atoms with Crippen molar-refractivity contribution in [2.75, 3.05) is 17.2 Å². The molecule has 1 aromatic rings. The summed E-state index contributed by atoms with van der Waals surface area (Å²) in [4.78, 5) is 6.73. The average molecular weight is 244 g/mol. The zero-order valence-electron chi connectivity index (χ0n) is 10.9. The predicted molar refractivity (Wildman–Crippen MR) is 73.3 cm³/mol. The van der Waals surface area contributed by atoms with Gasteiger partial charge in [-0.2, -0.15) is 5.26 Å². The normalized spacial score (nSPS) is 19.6. The van der Waals surface area contributed by atoms with Gasteiger partial charge in [0, 0.05) is 12.6 Å². The van der Waals surface area contributed by atoms with Crippen molar-refractivity contribution < 1.29 is 0 Å². The van der Waals surface area contributed by atoms with Gasteiger partial charge in [0.2, 0.25) is 0 Å². The molecule has 0 amide bonds. The molecule has 0 spiro atoms. The minimum atomic E-state index is 0.341. The van der Waals surface area contributed by atoms with Gasteiger partial charge in [-0.05, 0) is 37.8 Å². The van der Waals surface area contributed by atoms with Gasteiger partial charge >= 0.3 is 0 Å². The first-order valence-electron chi connectivity index (χ1n) is 6.69. The second kappa shape index (κ2) is 5.72. The van der Waals surface area contributed by atoms with E-state index in [9.17, 15) is 0 Å². The fraction of sp³-hybridized carbons (Fsp3) is 0.571. The summed E-state index contributed by atoms with van der Waals surface area (Å²) in [5.74, 6) is 0.902. The summed E-state index contributed by atoms with van der Waals surface area (Å²) < 4.78 is 0. The van der Waals surface area contributed by atoms with Gasteiger partial charge in [-0.25, -0.2) is 4.98 Å². The Morgan fingerprint density at radius 3 is 3.06 bits per heavy atom. The van der Waals surface area contributed by atoms with Crippen molar-refractivity contribution in [2.24, 2.45) is 0 Å². The average Bonchev–Trinajstić information content (AvgIpc) is 2.40. The summed E-state index contributed by atoms with van der Waals surface area (Å²) in [6.07, 6.45) is 6.09. The maximum Gasteiger partial charge on any atom is 0.165 e. The number of aromatic nitrogens is 1. The Kier molecular flexibility index (Phi) is 4.03. The maximum absolute atomic E-state index is 9.00. The molecular weight excluding hydrogens is 224 g/mol. The van der Waals surface area contributed by atoms with Crippen LogP contribution < -0.4 is 10.6 Å². The fourth-order valence-corrected chi connectivity index (χ4v) is 2.64. The second-order valence-electron chi connectivity index (χ2n) is 4.85. The highest BCUT2D eigenvalue weighted by Gasteiger charge is 2.23. The van der Waals surface area contributed by atoms with Crippen LogP contribution in [0.25, 0.3) is 0 Å². The van der Waals surface area contributed by atoms with Crippen LogP contribution in [0.3, 0.4) is 0 Å². The molecule has 96 valence electrons. The largest absolute Gasteiger partial charge is 0.396 e. The molecule has 2 rings (SSSR count). The van der Waals surface area contributed by atoms with E-state index >= 15 is 0 Å². The number of nitrogen functional groups attached to an aromatic ring is 1. The summed E-state index contributed by atoms with van der Waals surface area (Å²) in [5, 5.41) is 9.00. The van der Waals surface area contributed by atoms with Crippen LogP contribution >= 0.6 is 0 Å². The first kappa shape index (κ1) is 12.7. The molecule has 4 heteroatoms. The monoisotopic (exact) mass is 244 g/mol. The van der Waals surface area contributed by atoms with Crippen molar-refractivity contribution in [3.8, 4) is 6.07 Å². The zero-order chi connectivity index (χ0) is 13.0. The van der Waals surface area contributed by atoms with E-state index < -0.39 is 0 Å². The summed E-state index contributed by atoms with van der Waals surface area (Å²) >= 11 is 0. The van der Waals surface area contributed by atoms with Gasteiger partial charge in [-0.3, -0.25) is 0 Å². The Hall–Kier alpha value is -1.76. The number of hydrogen-bond acceptors (Lipinski definition) is 4. The van der Waals surface area contributed by atoms with Crippen LogP contribution in [0.15, 0.2) is 12.1 Å². The third-order valence-electron chi connectivity index (χ3n) is 3.56. The van der Waals surface area contributed by atoms with Gasteiger partial charge in [0.25, 0.3) is 0 Å². The molecule has 4 nitrogen and oxygen atoms in total. The van der Waals surface area contributed by atoms with Crippen LogP contribution in [-0.2, 0) is 0 Å². The molecule has 1 aromatic heterocycles. The van der Waals surface area contributed by atoms with E-state index in [0.29, 0.717) is 17.4 Å². The van der Waals surface area contributed by atoms with Crippen LogP contribution in [0.4, 0.5) is 11.5 Å². The van der Waals surface area contributed by atoms with Crippen LogP contribution in [-0.4, -0.2) is 17.6 Å². The van der Waals surface area contributed by atoms with Crippen molar-refractivity contribution in [2.45, 2.75) is 45.1 Å². The summed E-state index contributed by atoms with van der Waals surface area (Å²) in [6.45, 7) is 3.25. The SMILES string of the molecule is CCCC1CCCCN1c1ccc(N)c(C#N)n1. The molecule has 1 atom stereocenters. The molecule has 1 aliphatic rings. The standard InChI is InChI=1S/C14H20N4/c1-2-5-11-6-3-4-9-18(11)14-8-7-12(16)13(10-15)17-14/h7-8,11H,2-6,9,16H2,1H3. The van der Waals surface area contributed by atoms with E-state index in [1.54, 1.807) is 6.07 Å². The first-order valence-corrected chi connectivity index (χ1v) is 6.69. The molecule has 0 radical (unpaired) electrons. The number of anilines is 2. The molecule has 0 bridgehead atoms. The van der Waals surface area contributed by atoms with Crippen LogP contribution in [0.5, 0.6) is 0 Å². The fourth-order valence-electron chi connectivity index (χ4n) is 2.64. The lowest BCUT2D eigenvalue weighted by Crippen LogP contribution is -2.40. The molecule has 1 aliphatic heterocycles. The summed E-state index contributed by atoms with van der Waals surface area (Å²) in [6, 6.07) is 6.35. The first-order chi connectivity index (χ1) is 8.76. The van der Waals surface area contributed by atoms with Gasteiger partial charge in [-0.15, -0.1) is 0 Å². The van der Waals surface area contributed by atoms with Gasteiger partial charge in [0.15, 0.2) is 5.69 Å². The molecule has 1 fully saturated rings. The van der Waals surface area contributed by atoms with E-state index in [4.69, 9.17) is 11.0 Å². The Balaban J connectivity index is 2.25. The topological polar surface area (TPSA) is 65.9 Å². The number of pyridine rings is 1. The highest BCUT2D eigenvalue weighted by atomic mass is 15.2. The molecule has 18 heavy (non-hydrogen) atoms. The molecule has 2 N–H and O–H groups in total. The summed E-state index contributed by atoms with van der Waals surface area (Å²) in [5.41, 5.74) is 6.52. The summed E-state index contributed by atoms with van der Waals surface area (Å²) in [7, 11) is 0. The highest BCUT2D eigenvalue weighted by Crippen LogP contribution is 2.27. The molecule has 1 unspecified atom stereocenters. The molecule has 0 aromatic carbocycles.